The topological polar surface area (TPSA) is 15.3 Å². The van der Waals surface area contributed by atoms with E-state index in [2.05, 4.69) is 274 Å². The van der Waals surface area contributed by atoms with Crippen LogP contribution in [0.25, 0.3) is 62.4 Å². The Balaban J connectivity index is 1.03. The van der Waals surface area contributed by atoms with Crippen LogP contribution < -0.4 is 10.2 Å². The largest absolute Gasteiger partial charge is 0.355 e. The summed E-state index contributed by atoms with van der Waals surface area (Å²) in [6.45, 7) is 10.8. The van der Waals surface area contributed by atoms with Crippen molar-refractivity contribution in [3.8, 4) is 33.4 Å². The molecule has 8 aromatic carbocycles. The van der Waals surface area contributed by atoms with Crippen LogP contribution in [-0.4, -0.2) is 6.04 Å². The molecular weight excluding hydrogens is 881 g/mol. The third-order valence-corrected chi connectivity index (χ3v) is 14.7. The number of fused-ring (bicyclic) bond motifs is 1. The number of hydrogen-bond acceptors (Lipinski definition) is 2. The van der Waals surface area contributed by atoms with Gasteiger partial charge in [0.15, 0.2) is 0 Å². The number of rotatable bonds is 14. The van der Waals surface area contributed by atoms with Crippen molar-refractivity contribution in [3.05, 3.63) is 270 Å². The maximum atomic E-state index is 4.34. The van der Waals surface area contributed by atoms with Crippen molar-refractivity contribution in [2.45, 2.75) is 71.3 Å². The first kappa shape index (κ1) is 48.4. The molecule has 0 saturated carbocycles. The number of para-hydroxylation sites is 1. The van der Waals surface area contributed by atoms with Crippen molar-refractivity contribution in [2.75, 3.05) is 10.2 Å². The highest BCUT2D eigenvalue weighted by molar-refractivity contribution is 5.97. The lowest BCUT2D eigenvalue weighted by molar-refractivity contribution is 0.627. The van der Waals surface area contributed by atoms with E-state index in [4.69, 9.17) is 0 Å². The molecule has 0 radical (unpaired) electrons. The summed E-state index contributed by atoms with van der Waals surface area (Å²) in [5, 5.41) is 6.40. The van der Waals surface area contributed by atoms with Crippen LogP contribution in [0.2, 0.25) is 0 Å². The average molecular weight is 947 g/mol. The van der Waals surface area contributed by atoms with Gasteiger partial charge in [-0.25, -0.2) is 0 Å². The zero-order chi connectivity index (χ0) is 49.9. The van der Waals surface area contributed by atoms with Crippen molar-refractivity contribution in [1.29, 1.82) is 0 Å². The molecule has 2 heteroatoms. The molecule has 10 rings (SSSR count). The Hall–Kier alpha value is -8.20. The second-order valence-corrected chi connectivity index (χ2v) is 19.4. The molecule has 0 spiro atoms. The van der Waals surface area contributed by atoms with Crippen molar-refractivity contribution >= 4 is 51.8 Å². The van der Waals surface area contributed by atoms with Gasteiger partial charge in [-0.1, -0.05) is 220 Å². The first-order chi connectivity index (χ1) is 36.0. The second kappa shape index (κ2) is 22.9. The molecule has 0 amide bonds. The molecule has 2 aliphatic rings. The number of nitrogens with zero attached hydrogens (tertiary/aromatic N) is 1. The van der Waals surface area contributed by atoms with Gasteiger partial charge in [0.1, 0.15) is 0 Å². The van der Waals surface area contributed by atoms with Crippen LogP contribution in [0.4, 0.5) is 22.7 Å². The third kappa shape index (κ3) is 10.9. The lowest BCUT2D eigenvalue weighted by Gasteiger charge is -2.33. The molecule has 0 aromatic heterocycles. The molecule has 2 unspecified atom stereocenters. The Morgan fingerprint density at radius 1 is 0.630 bits per heavy atom. The maximum Gasteiger partial charge on any atom is 0.0534 e. The number of nitrogens with one attached hydrogen (secondary N) is 1. The van der Waals surface area contributed by atoms with Gasteiger partial charge in [-0.2, -0.15) is 0 Å². The molecule has 1 N–H and O–H groups in total. The highest BCUT2D eigenvalue weighted by atomic mass is 15.2. The molecule has 0 bridgehead atoms. The van der Waals surface area contributed by atoms with Crippen molar-refractivity contribution in [1.82, 2.24) is 0 Å². The SMILES string of the molecule is C=Cc1c(-c2ccc(N(c3ccc(-c4ccc(-c5ccccc5)cc4)cc3)C3C=C(/C4=C/C=C\CCC(c5ccc6ccccc6c5Nc5ccccc5)C4)C=CCC3)cc2)cc(C)c(/C=C\C)c1/C=C\CC. The zero-order valence-electron chi connectivity index (χ0n) is 42.6. The fourth-order valence-electron chi connectivity index (χ4n) is 10.9. The summed E-state index contributed by atoms with van der Waals surface area (Å²) in [6.07, 6.45) is 31.3. The summed E-state index contributed by atoms with van der Waals surface area (Å²) in [5.74, 6) is 0.315. The summed E-state index contributed by atoms with van der Waals surface area (Å²) in [5.41, 5.74) is 20.8. The van der Waals surface area contributed by atoms with Crippen LogP contribution in [0.3, 0.4) is 0 Å². The normalized spacial score (nSPS) is 17.1. The van der Waals surface area contributed by atoms with Gasteiger partial charge >= 0.3 is 0 Å². The molecular formula is C71H66N2. The predicted octanol–water partition coefficient (Wildman–Crippen LogP) is 20.2. The number of aryl methyl sites for hydroxylation is 1. The van der Waals surface area contributed by atoms with E-state index in [0.717, 1.165) is 55.5 Å². The van der Waals surface area contributed by atoms with Gasteiger partial charge in [0.05, 0.1) is 6.04 Å². The molecule has 0 heterocycles. The van der Waals surface area contributed by atoms with Crippen LogP contribution in [0.5, 0.6) is 0 Å². The summed E-state index contributed by atoms with van der Waals surface area (Å²) < 4.78 is 0. The molecule has 0 saturated heterocycles. The minimum absolute atomic E-state index is 0.0912. The molecule has 0 aliphatic heterocycles. The van der Waals surface area contributed by atoms with E-state index >= 15 is 0 Å². The highest BCUT2D eigenvalue weighted by Gasteiger charge is 2.25. The van der Waals surface area contributed by atoms with E-state index < -0.39 is 0 Å². The van der Waals surface area contributed by atoms with Gasteiger partial charge in [0, 0.05) is 28.1 Å². The Morgan fingerprint density at radius 3 is 1.95 bits per heavy atom. The molecule has 2 nitrogen and oxygen atoms in total. The van der Waals surface area contributed by atoms with Gasteiger partial charge < -0.3 is 10.2 Å². The van der Waals surface area contributed by atoms with Crippen molar-refractivity contribution < 1.29 is 0 Å². The van der Waals surface area contributed by atoms with Crippen LogP contribution in [0, 0.1) is 6.92 Å². The molecule has 2 atom stereocenters. The number of hydrogen-bond donors (Lipinski definition) is 1. The predicted molar refractivity (Wildman–Crippen MR) is 318 cm³/mol. The first-order valence-electron chi connectivity index (χ1n) is 26.3. The summed E-state index contributed by atoms with van der Waals surface area (Å²) >= 11 is 0. The maximum absolute atomic E-state index is 4.34. The third-order valence-electron chi connectivity index (χ3n) is 14.7. The van der Waals surface area contributed by atoms with Gasteiger partial charge in [-0.05, 0) is 172 Å². The standard InChI is InChI=1S/C71H66N2/c1-5-8-32-69-65(7-3)70(48-51(4)66(69)22-6-2)57-40-45-63(46-41-57)73(62-43-38-55(39-44-62)54-36-34-53(35-37-54)52-23-12-9-13-24-52)64-31-20-18-27-59(50-64)58-26-14-10-15-28-60(49-58)68-47-42-56-25-19-21-33-67(56)71(68)72-61-29-16-11-17-30-61/h6-14,16-19,21-27,29-30,32-48,50,60,64,72H,3,5,15,20,28,31,49H2,1-2,4H3/b14-10-,22-6-,32-8-,58-26+. The molecule has 2 aliphatic carbocycles. The quantitative estimate of drug-likeness (QED) is 0.117. The van der Waals surface area contributed by atoms with Crippen molar-refractivity contribution in [3.63, 3.8) is 0 Å². The van der Waals surface area contributed by atoms with Crippen LogP contribution >= 0.6 is 0 Å². The Labute approximate surface area is 434 Å². The van der Waals surface area contributed by atoms with E-state index in [1.165, 1.54) is 88.9 Å². The van der Waals surface area contributed by atoms with Crippen molar-refractivity contribution in [2.24, 2.45) is 0 Å². The summed E-state index contributed by atoms with van der Waals surface area (Å²) in [4.78, 5) is 2.57. The smallest absolute Gasteiger partial charge is 0.0534 e. The molecule has 8 aromatic rings. The summed E-state index contributed by atoms with van der Waals surface area (Å²) in [6, 6.07) is 64.6. The van der Waals surface area contributed by atoms with Gasteiger partial charge in [-0.3, -0.25) is 0 Å². The number of anilines is 4. The Kier molecular flexibility index (Phi) is 15.2. The minimum atomic E-state index is 0.0912. The molecule has 73 heavy (non-hydrogen) atoms. The first-order valence-corrected chi connectivity index (χ1v) is 26.3. The van der Waals surface area contributed by atoms with Crippen LogP contribution in [0.15, 0.2) is 242 Å². The monoisotopic (exact) mass is 947 g/mol. The average Bonchev–Trinajstić information content (AvgIpc) is 3.68. The van der Waals surface area contributed by atoms with Crippen LogP contribution in [-0.2, 0) is 0 Å². The number of allylic oxidation sites excluding steroid dienone is 9. The Morgan fingerprint density at radius 2 is 1.26 bits per heavy atom. The lowest BCUT2D eigenvalue weighted by Crippen LogP contribution is -2.29. The van der Waals surface area contributed by atoms with Gasteiger partial charge in [-0.15, -0.1) is 0 Å². The highest BCUT2D eigenvalue weighted by Crippen LogP contribution is 2.43. The molecule has 360 valence electrons. The van der Waals surface area contributed by atoms with E-state index in [9.17, 15) is 0 Å². The fraction of sp³-hybridized carbons (Fsp3) is 0.155. The van der Waals surface area contributed by atoms with E-state index in [0.29, 0.717) is 5.92 Å². The zero-order valence-corrected chi connectivity index (χ0v) is 42.6. The fourth-order valence-corrected chi connectivity index (χ4v) is 10.9. The summed E-state index contributed by atoms with van der Waals surface area (Å²) in [7, 11) is 0. The van der Waals surface area contributed by atoms with Crippen LogP contribution in [0.1, 0.15) is 86.1 Å². The Bertz CT molecular complexity index is 3380. The second-order valence-electron chi connectivity index (χ2n) is 19.4. The molecule has 0 fully saturated rings. The number of benzene rings is 8. The van der Waals surface area contributed by atoms with E-state index in [1.807, 2.05) is 6.08 Å². The van der Waals surface area contributed by atoms with Gasteiger partial charge in [0.25, 0.3) is 0 Å². The minimum Gasteiger partial charge on any atom is -0.355 e. The van der Waals surface area contributed by atoms with Gasteiger partial charge in [0.2, 0.25) is 0 Å². The van der Waals surface area contributed by atoms with E-state index in [-0.39, 0.29) is 6.04 Å². The van der Waals surface area contributed by atoms with E-state index in [1.54, 1.807) is 0 Å². The lowest BCUT2D eigenvalue weighted by atomic mass is 9.82.